The van der Waals surface area contributed by atoms with Crippen molar-refractivity contribution in [1.82, 2.24) is 10.6 Å². The monoisotopic (exact) mass is 436 g/mol. The highest BCUT2D eigenvalue weighted by Crippen LogP contribution is 2.16. The Balaban J connectivity index is 1.84. The van der Waals surface area contributed by atoms with Crippen molar-refractivity contribution in [3.05, 3.63) is 24.3 Å². The average Bonchev–Trinajstić information content (AvgIpc) is 2.76. The second kappa shape index (κ2) is 18.8. The fraction of sp³-hybridized carbons (Fsp3) is 0.720. The number of ether oxygens (including phenoxy) is 2. The number of phenols is 1. The molecule has 3 N–H and O–H groups in total. The third-order valence-corrected chi connectivity index (χ3v) is 5.22. The van der Waals surface area contributed by atoms with Gasteiger partial charge in [0, 0.05) is 13.1 Å². The molecule has 1 atom stereocenters. The normalized spacial score (nSPS) is 11.8. The molecule has 31 heavy (non-hydrogen) atoms. The molecule has 0 aliphatic heterocycles. The first kappa shape index (κ1) is 27.1. The molecule has 6 nitrogen and oxygen atoms in total. The van der Waals surface area contributed by atoms with Crippen LogP contribution in [0.5, 0.6) is 11.5 Å². The standard InChI is InChI=1S/C25H44N2O4/c1-3-4-5-6-7-10-13-22(2)30-21-19-27-25(29)26-18-11-8-9-12-20-31-24-16-14-23(28)15-17-24/h14-17,22,28H,3-13,18-21H2,1-2H3,(H2,26,27,29). The van der Waals surface area contributed by atoms with Crippen molar-refractivity contribution in [3.63, 3.8) is 0 Å². The maximum Gasteiger partial charge on any atom is 0.314 e. The average molecular weight is 437 g/mol. The fourth-order valence-corrected chi connectivity index (χ4v) is 3.30. The summed E-state index contributed by atoms with van der Waals surface area (Å²) in [5, 5.41) is 15.0. The van der Waals surface area contributed by atoms with Crippen LogP contribution in [0.1, 0.15) is 84.5 Å². The number of hydrogen-bond donors (Lipinski definition) is 3. The molecule has 1 rings (SSSR count). The molecule has 1 aromatic carbocycles. The van der Waals surface area contributed by atoms with E-state index in [9.17, 15) is 9.90 Å². The van der Waals surface area contributed by atoms with Crippen molar-refractivity contribution < 1.29 is 19.4 Å². The highest BCUT2D eigenvalue weighted by molar-refractivity contribution is 5.73. The number of urea groups is 1. The van der Waals surface area contributed by atoms with Crippen LogP contribution in [0.4, 0.5) is 4.79 Å². The van der Waals surface area contributed by atoms with Gasteiger partial charge in [0.05, 0.1) is 19.3 Å². The van der Waals surface area contributed by atoms with Crippen LogP contribution < -0.4 is 15.4 Å². The summed E-state index contributed by atoms with van der Waals surface area (Å²) in [5.74, 6) is 1.02. The molecule has 6 heteroatoms. The zero-order valence-electron chi connectivity index (χ0n) is 19.7. The van der Waals surface area contributed by atoms with Crippen LogP contribution in [-0.4, -0.2) is 43.5 Å². The zero-order valence-corrected chi connectivity index (χ0v) is 19.7. The number of carbonyl (C=O) groups excluding carboxylic acids is 1. The fourth-order valence-electron chi connectivity index (χ4n) is 3.30. The van der Waals surface area contributed by atoms with Crippen molar-refractivity contribution in [1.29, 1.82) is 0 Å². The lowest BCUT2D eigenvalue weighted by Gasteiger charge is -2.13. The first-order valence-corrected chi connectivity index (χ1v) is 12.2. The van der Waals surface area contributed by atoms with Crippen molar-refractivity contribution in [2.75, 3.05) is 26.3 Å². The first-order valence-electron chi connectivity index (χ1n) is 12.2. The van der Waals surface area contributed by atoms with E-state index in [1.807, 2.05) is 0 Å². The lowest BCUT2D eigenvalue weighted by atomic mass is 10.1. The number of amides is 2. The summed E-state index contributed by atoms with van der Waals surface area (Å²) in [4.78, 5) is 11.8. The van der Waals surface area contributed by atoms with E-state index in [-0.39, 0.29) is 17.9 Å². The Morgan fingerprint density at radius 2 is 1.52 bits per heavy atom. The second-order valence-electron chi connectivity index (χ2n) is 8.18. The largest absolute Gasteiger partial charge is 0.508 e. The van der Waals surface area contributed by atoms with Gasteiger partial charge in [-0.25, -0.2) is 4.79 Å². The maximum absolute atomic E-state index is 11.8. The van der Waals surface area contributed by atoms with Crippen LogP contribution in [0.3, 0.4) is 0 Å². The Morgan fingerprint density at radius 3 is 2.29 bits per heavy atom. The quantitative estimate of drug-likeness (QED) is 0.240. The molecule has 1 unspecified atom stereocenters. The van der Waals surface area contributed by atoms with Gasteiger partial charge in [0.25, 0.3) is 0 Å². The molecular formula is C25H44N2O4. The van der Waals surface area contributed by atoms with Gasteiger partial charge in [0.1, 0.15) is 11.5 Å². The van der Waals surface area contributed by atoms with E-state index in [0.717, 1.165) is 37.9 Å². The van der Waals surface area contributed by atoms with Crippen LogP contribution in [0, 0.1) is 0 Å². The first-order chi connectivity index (χ1) is 15.1. The number of aromatic hydroxyl groups is 1. The lowest BCUT2D eigenvalue weighted by molar-refractivity contribution is 0.0613. The van der Waals surface area contributed by atoms with E-state index in [4.69, 9.17) is 9.47 Å². The van der Waals surface area contributed by atoms with Crippen LogP contribution >= 0.6 is 0 Å². The van der Waals surface area contributed by atoms with Gasteiger partial charge in [0.15, 0.2) is 0 Å². The van der Waals surface area contributed by atoms with E-state index in [0.29, 0.717) is 26.3 Å². The molecule has 0 aliphatic carbocycles. The Morgan fingerprint density at radius 1 is 0.871 bits per heavy atom. The van der Waals surface area contributed by atoms with Crippen molar-refractivity contribution in [3.8, 4) is 11.5 Å². The van der Waals surface area contributed by atoms with Crippen LogP contribution in [0.2, 0.25) is 0 Å². The molecular weight excluding hydrogens is 392 g/mol. The van der Waals surface area contributed by atoms with Gasteiger partial charge in [-0.15, -0.1) is 0 Å². The maximum atomic E-state index is 11.8. The zero-order chi connectivity index (χ0) is 22.6. The number of nitrogens with one attached hydrogen (secondary N) is 2. The molecule has 0 aromatic heterocycles. The summed E-state index contributed by atoms with van der Waals surface area (Å²) in [7, 11) is 0. The van der Waals surface area contributed by atoms with Crippen molar-refractivity contribution >= 4 is 6.03 Å². The summed E-state index contributed by atoms with van der Waals surface area (Å²) >= 11 is 0. The third kappa shape index (κ3) is 16.4. The van der Waals surface area contributed by atoms with E-state index >= 15 is 0 Å². The number of unbranched alkanes of at least 4 members (excludes halogenated alkanes) is 8. The number of phenolic OH excluding ortho intramolecular Hbond substituents is 1. The molecule has 178 valence electrons. The summed E-state index contributed by atoms with van der Waals surface area (Å²) in [6, 6.07) is 6.64. The van der Waals surface area contributed by atoms with Gasteiger partial charge in [0.2, 0.25) is 0 Å². The summed E-state index contributed by atoms with van der Waals surface area (Å²) < 4.78 is 11.4. The van der Waals surface area contributed by atoms with E-state index in [2.05, 4.69) is 24.5 Å². The van der Waals surface area contributed by atoms with E-state index in [1.165, 1.54) is 38.5 Å². The smallest absolute Gasteiger partial charge is 0.314 e. The molecule has 0 aliphatic rings. The minimum Gasteiger partial charge on any atom is -0.508 e. The van der Waals surface area contributed by atoms with Crippen molar-refractivity contribution in [2.24, 2.45) is 0 Å². The van der Waals surface area contributed by atoms with Crippen LogP contribution in [0.15, 0.2) is 24.3 Å². The summed E-state index contributed by atoms with van der Waals surface area (Å²) in [5.41, 5.74) is 0. The Kier molecular flexibility index (Phi) is 16.4. The van der Waals surface area contributed by atoms with Gasteiger partial charge in [-0.3, -0.25) is 0 Å². The van der Waals surface area contributed by atoms with Crippen LogP contribution in [0.25, 0.3) is 0 Å². The third-order valence-electron chi connectivity index (χ3n) is 5.22. The summed E-state index contributed by atoms with van der Waals surface area (Å²) in [6.07, 6.45) is 13.2. The minimum absolute atomic E-state index is 0.122. The summed E-state index contributed by atoms with van der Waals surface area (Å²) in [6.45, 7) is 6.80. The van der Waals surface area contributed by atoms with E-state index < -0.39 is 0 Å². The number of hydrogen-bond acceptors (Lipinski definition) is 4. The van der Waals surface area contributed by atoms with Crippen molar-refractivity contribution in [2.45, 2.75) is 90.6 Å². The Hall–Kier alpha value is -1.95. The van der Waals surface area contributed by atoms with Gasteiger partial charge < -0.3 is 25.2 Å². The molecule has 2 amide bonds. The van der Waals surface area contributed by atoms with Gasteiger partial charge in [-0.2, -0.15) is 0 Å². The van der Waals surface area contributed by atoms with E-state index in [1.54, 1.807) is 24.3 Å². The molecule has 0 saturated carbocycles. The topological polar surface area (TPSA) is 79.8 Å². The highest BCUT2D eigenvalue weighted by atomic mass is 16.5. The predicted molar refractivity (Wildman–Crippen MR) is 127 cm³/mol. The number of carbonyl (C=O) groups is 1. The molecule has 0 bridgehead atoms. The molecule has 0 radical (unpaired) electrons. The molecule has 1 aromatic rings. The molecule has 0 fully saturated rings. The highest BCUT2D eigenvalue weighted by Gasteiger charge is 2.03. The number of rotatable bonds is 19. The molecule has 0 heterocycles. The SMILES string of the molecule is CCCCCCCCC(C)OCCNC(=O)NCCCCCCOc1ccc(O)cc1. The minimum atomic E-state index is -0.122. The van der Waals surface area contributed by atoms with Gasteiger partial charge >= 0.3 is 6.03 Å². The molecule has 0 saturated heterocycles. The Labute approximate surface area is 189 Å². The lowest BCUT2D eigenvalue weighted by Crippen LogP contribution is -2.38. The van der Waals surface area contributed by atoms with Crippen LogP contribution in [-0.2, 0) is 4.74 Å². The number of benzene rings is 1. The molecule has 0 spiro atoms. The predicted octanol–water partition coefficient (Wildman–Crippen LogP) is 5.79. The van der Waals surface area contributed by atoms with Gasteiger partial charge in [-0.05, 0) is 50.5 Å². The Bertz CT molecular complexity index is 551. The van der Waals surface area contributed by atoms with Gasteiger partial charge in [-0.1, -0.05) is 58.3 Å². The second-order valence-corrected chi connectivity index (χ2v) is 8.18.